The van der Waals surface area contributed by atoms with Gasteiger partial charge < -0.3 is 5.32 Å². The Bertz CT molecular complexity index is 457. The van der Waals surface area contributed by atoms with Crippen molar-refractivity contribution in [2.45, 2.75) is 30.1 Å². The van der Waals surface area contributed by atoms with Gasteiger partial charge in [0.2, 0.25) is 0 Å². The van der Waals surface area contributed by atoms with Gasteiger partial charge in [-0.25, -0.2) is 4.98 Å². The molecule has 0 amide bonds. The number of halogens is 2. The molecule has 17 heavy (non-hydrogen) atoms. The van der Waals surface area contributed by atoms with Crippen LogP contribution in [-0.2, 0) is 0 Å². The monoisotopic (exact) mass is 275 g/mol. The minimum atomic E-state index is -0.645. The SMILES string of the molecule is Cc1nc(NC2CC(Cl)(Cl)C2)ccc1[N+](=O)[O-]. The van der Waals surface area contributed by atoms with E-state index in [1.165, 1.54) is 6.07 Å². The standard InChI is InChI=1S/C10H11Cl2N3O2/c1-6-8(15(16)17)2-3-9(13-6)14-7-4-10(11,12)5-7/h2-3,7H,4-5H2,1H3,(H,13,14). The number of rotatable bonds is 3. The van der Waals surface area contributed by atoms with Crippen molar-refractivity contribution in [1.29, 1.82) is 0 Å². The number of nitrogens with zero attached hydrogens (tertiary/aromatic N) is 2. The van der Waals surface area contributed by atoms with Gasteiger partial charge in [-0.1, -0.05) is 0 Å². The van der Waals surface area contributed by atoms with Gasteiger partial charge in [-0.15, -0.1) is 23.2 Å². The molecule has 0 saturated heterocycles. The molecule has 1 aliphatic carbocycles. The fourth-order valence-electron chi connectivity index (χ4n) is 1.80. The van der Waals surface area contributed by atoms with Gasteiger partial charge in [-0.2, -0.15) is 0 Å². The molecule has 0 unspecified atom stereocenters. The molecule has 0 aromatic carbocycles. The Morgan fingerprint density at radius 3 is 2.65 bits per heavy atom. The van der Waals surface area contributed by atoms with Crippen molar-refractivity contribution in [3.63, 3.8) is 0 Å². The van der Waals surface area contributed by atoms with E-state index in [2.05, 4.69) is 10.3 Å². The molecule has 5 nitrogen and oxygen atoms in total. The van der Waals surface area contributed by atoms with Crippen LogP contribution in [-0.4, -0.2) is 20.3 Å². The van der Waals surface area contributed by atoms with E-state index in [1.54, 1.807) is 13.0 Å². The summed E-state index contributed by atoms with van der Waals surface area (Å²) >= 11 is 11.8. The maximum absolute atomic E-state index is 10.6. The van der Waals surface area contributed by atoms with Crippen molar-refractivity contribution >= 4 is 34.7 Å². The van der Waals surface area contributed by atoms with Gasteiger partial charge in [0.15, 0.2) is 0 Å². The molecule has 0 aliphatic heterocycles. The number of nitrogens with one attached hydrogen (secondary N) is 1. The second kappa shape index (κ2) is 4.31. The Balaban J connectivity index is 2.04. The molecule has 92 valence electrons. The lowest BCUT2D eigenvalue weighted by atomic mass is 9.91. The molecule has 1 heterocycles. The average Bonchev–Trinajstić information content (AvgIpc) is 2.14. The molecule has 1 aromatic rings. The number of pyridine rings is 1. The molecular weight excluding hydrogens is 265 g/mol. The second-order valence-corrected chi connectivity index (χ2v) is 5.80. The molecule has 1 fully saturated rings. The van der Waals surface area contributed by atoms with Crippen molar-refractivity contribution in [1.82, 2.24) is 4.98 Å². The molecule has 0 atom stereocenters. The highest BCUT2D eigenvalue weighted by Gasteiger charge is 2.41. The van der Waals surface area contributed by atoms with Crippen LogP contribution in [0.2, 0.25) is 0 Å². The summed E-state index contributed by atoms with van der Waals surface area (Å²) in [5.41, 5.74) is 0.413. The van der Waals surface area contributed by atoms with Crippen LogP contribution in [0.1, 0.15) is 18.5 Å². The van der Waals surface area contributed by atoms with Crippen molar-refractivity contribution in [3.05, 3.63) is 27.9 Å². The number of aromatic nitrogens is 1. The first-order valence-electron chi connectivity index (χ1n) is 5.14. The molecular formula is C10H11Cl2N3O2. The third-order valence-corrected chi connectivity index (χ3v) is 3.31. The zero-order valence-corrected chi connectivity index (χ0v) is 10.6. The van der Waals surface area contributed by atoms with Crippen LogP contribution in [0.3, 0.4) is 0 Å². The van der Waals surface area contributed by atoms with E-state index in [4.69, 9.17) is 23.2 Å². The molecule has 1 N–H and O–H groups in total. The summed E-state index contributed by atoms with van der Waals surface area (Å²) in [5.74, 6) is 0.613. The maximum Gasteiger partial charge on any atom is 0.290 e. The average molecular weight is 276 g/mol. The normalized spacial score (nSPS) is 18.5. The molecule has 0 radical (unpaired) electrons. The largest absolute Gasteiger partial charge is 0.367 e. The molecule has 1 saturated carbocycles. The smallest absolute Gasteiger partial charge is 0.290 e. The second-order valence-electron chi connectivity index (χ2n) is 4.16. The molecule has 1 aromatic heterocycles. The minimum absolute atomic E-state index is 0.0215. The summed E-state index contributed by atoms with van der Waals surface area (Å²) in [4.78, 5) is 14.3. The van der Waals surface area contributed by atoms with Crippen LogP contribution in [0, 0.1) is 17.0 Å². The summed E-state index contributed by atoms with van der Waals surface area (Å²) in [5, 5.41) is 13.8. The lowest BCUT2D eigenvalue weighted by Crippen LogP contribution is -2.43. The van der Waals surface area contributed by atoms with Gasteiger partial charge in [0.05, 0.1) is 4.92 Å². The van der Waals surface area contributed by atoms with Crippen LogP contribution >= 0.6 is 23.2 Å². The van der Waals surface area contributed by atoms with E-state index >= 15 is 0 Å². The minimum Gasteiger partial charge on any atom is -0.367 e. The first-order chi connectivity index (χ1) is 7.87. The van der Waals surface area contributed by atoms with Gasteiger partial charge in [0.25, 0.3) is 5.69 Å². The lowest BCUT2D eigenvalue weighted by Gasteiger charge is -2.38. The van der Waals surface area contributed by atoms with Crippen molar-refractivity contribution in [2.24, 2.45) is 0 Å². The predicted molar refractivity (Wildman–Crippen MR) is 66.7 cm³/mol. The lowest BCUT2D eigenvalue weighted by molar-refractivity contribution is -0.385. The Kier molecular flexibility index (Phi) is 3.14. The van der Waals surface area contributed by atoms with Gasteiger partial charge >= 0.3 is 0 Å². The van der Waals surface area contributed by atoms with Crippen LogP contribution in [0.25, 0.3) is 0 Å². The Hall–Kier alpha value is -1.07. The predicted octanol–water partition coefficient (Wildman–Crippen LogP) is 3.05. The third kappa shape index (κ3) is 2.79. The third-order valence-electron chi connectivity index (χ3n) is 2.70. The number of aryl methyl sites for hydroxylation is 1. The van der Waals surface area contributed by atoms with Crippen molar-refractivity contribution in [3.8, 4) is 0 Å². The number of hydrogen-bond acceptors (Lipinski definition) is 4. The van der Waals surface area contributed by atoms with Gasteiger partial charge in [-0.05, 0) is 13.0 Å². The van der Waals surface area contributed by atoms with Crippen LogP contribution in [0.4, 0.5) is 11.5 Å². The quantitative estimate of drug-likeness (QED) is 0.523. The first kappa shape index (κ1) is 12.4. The molecule has 0 bridgehead atoms. The van der Waals surface area contributed by atoms with E-state index in [9.17, 15) is 10.1 Å². The van der Waals surface area contributed by atoms with Crippen molar-refractivity contribution < 1.29 is 4.92 Å². The topological polar surface area (TPSA) is 68.1 Å². The van der Waals surface area contributed by atoms with E-state index < -0.39 is 9.26 Å². The zero-order chi connectivity index (χ0) is 12.6. The number of anilines is 1. The van der Waals surface area contributed by atoms with E-state index in [1.807, 2.05) is 0 Å². The Labute approximate surface area is 108 Å². The molecule has 2 rings (SSSR count). The number of alkyl halides is 2. The number of nitro groups is 1. The van der Waals surface area contributed by atoms with Crippen molar-refractivity contribution in [2.75, 3.05) is 5.32 Å². The van der Waals surface area contributed by atoms with Gasteiger partial charge in [0, 0.05) is 24.9 Å². The maximum atomic E-state index is 10.6. The summed E-state index contributed by atoms with van der Waals surface area (Å²) in [6, 6.07) is 3.21. The molecule has 7 heteroatoms. The van der Waals surface area contributed by atoms with E-state index in [-0.39, 0.29) is 11.7 Å². The van der Waals surface area contributed by atoms with Gasteiger partial charge in [0.1, 0.15) is 15.8 Å². The number of hydrogen-bond donors (Lipinski definition) is 1. The molecule has 0 spiro atoms. The van der Waals surface area contributed by atoms with E-state index in [0.717, 1.165) is 0 Å². The molecule has 1 aliphatic rings. The summed E-state index contributed by atoms with van der Waals surface area (Å²) in [7, 11) is 0. The van der Waals surface area contributed by atoms with Crippen LogP contribution in [0.5, 0.6) is 0 Å². The summed E-state index contributed by atoms with van der Waals surface area (Å²) in [6.07, 6.45) is 1.29. The first-order valence-corrected chi connectivity index (χ1v) is 5.89. The van der Waals surface area contributed by atoms with Gasteiger partial charge in [-0.3, -0.25) is 10.1 Å². The fraction of sp³-hybridized carbons (Fsp3) is 0.500. The Morgan fingerprint density at radius 2 is 2.18 bits per heavy atom. The Morgan fingerprint density at radius 1 is 1.53 bits per heavy atom. The zero-order valence-electron chi connectivity index (χ0n) is 9.11. The highest BCUT2D eigenvalue weighted by atomic mass is 35.5. The highest BCUT2D eigenvalue weighted by molar-refractivity contribution is 6.49. The van der Waals surface area contributed by atoms with Crippen LogP contribution in [0.15, 0.2) is 12.1 Å². The summed E-state index contributed by atoms with van der Waals surface area (Å²) < 4.78 is -0.645. The fourth-order valence-corrected chi connectivity index (χ4v) is 2.54. The summed E-state index contributed by atoms with van der Waals surface area (Å²) in [6.45, 7) is 1.61. The van der Waals surface area contributed by atoms with Crippen LogP contribution < -0.4 is 5.32 Å². The van der Waals surface area contributed by atoms with E-state index in [0.29, 0.717) is 24.4 Å². The highest BCUT2D eigenvalue weighted by Crippen LogP contribution is 2.43.